The van der Waals surface area contributed by atoms with Crippen LogP contribution < -0.4 is 9.64 Å². The summed E-state index contributed by atoms with van der Waals surface area (Å²) in [4.78, 5) is 41.0. The number of unbranched alkanes of at least 4 members (excludes halogenated alkanes) is 1. The van der Waals surface area contributed by atoms with Gasteiger partial charge in [-0.3, -0.25) is 9.59 Å². The van der Waals surface area contributed by atoms with Gasteiger partial charge in [-0.1, -0.05) is 25.5 Å². The molecular formula is C24H31N5O3. The molecule has 0 bridgehead atoms. The number of carbonyl (C=O) groups excluding carboxylic acids is 2. The zero-order chi connectivity index (χ0) is 22.5. The molecule has 8 heteroatoms. The molecule has 2 aliphatic rings. The summed E-state index contributed by atoms with van der Waals surface area (Å²) in [5.41, 5.74) is 0.988. The van der Waals surface area contributed by atoms with Crippen molar-refractivity contribution >= 4 is 17.8 Å². The number of methoxy groups -OCH3 is 1. The van der Waals surface area contributed by atoms with E-state index < -0.39 is 0 Å². The Morgan fingerprint density at radius 2 is 1.78 bits per heavy atom. The average Bonchev–Trinajstić information content (AvgIpc) is 3.18. The van der Waals surface area contributed by atoms with Crippen molar-refractivity contribution in [2.24, 2.45) is 5.92 Å². The number of benzene rings is 1. The molecule has 2 aliphatic heterocycles. The standard InChI is InChI=1S/C24H31N5O3/c1-3-4-12-29-21(30)17-20(22(29)18-6-8-19(32-2)9-7-18)23(31)27-13-15-28(16-14-27)24-25-10-5-11-26-24/h5-11,20,22H,3-4,12-17H2,1-2H3. The smallest absolute Gasteiger partial charge is 0.228 e. The van der Waals surface area contributed by atoms with Crippen LogP contribution in [0.2, 0.25) is 0 Å². The summed E-state index contributed by atoms with van der Waals surface area (Å²) >= 11 is 0. The highest BCUT2D eigenvalue weighted by molar-refractivity contribution is 5.90. The summed E-state index contributed by atoms with van der Waals surface area (Å²) in [6, 6.07) is 9.32. The van der Waals surface area contributed by atoms with E-state index in [4.69, 9.17) is 4.74 Å². The number of nitrogens with zero attached hydrogens (tertiary/aromatic N) is 5. The van der Waals surface area contributed by atoms with Gasteiger partial charge < -0.3 is 19.4 Å². The third-order valence-corrected chi connectivity index (χ3v) is 6.39. The van der Waals surface area contributed by atoms with Crippen molar-refractivity contribution in [2.75, 3.05) is 44.7 Å². The molecule has 0 spiro atoms. The lowest BCUT2D eigenvalue weighted by Gasteiger charge is -2.37. The predicted molar refractivity (Wildman–Crippen MR) is 121 cm³/mol. The van der Waals surface area contributed by atoms with Crippen LogP contribution in [0.15, 0.2) is 42.7 Å². The molecule has 3 heterocycles. The predicted octanol–water partition coefficient (Wildman–Crippen LogP) is 2.52. The summed E-state index contributed by atoms with van der Waals surface area (Å²) in [5, 5.41) is 0. The molecule has 2 atom stereocenters. The van der Waals surface area contributed by atoms with E-state index in [1.165, 1.54) is 0 Å². The van der Waals surface area contributed by atoms with Crippen molar-refractivity contribution in [3.8, 4) is 5.75 Å². The highest BCUT2D eigenvalue weighted by Gasteiger charge is 2.45. The molecule has 1 aromatic heterocycles. The molecule has 2 fully saturated rings. The number of rotatable bonds is 7. The van der Waals surface area contributed by atoms with E-state index in [-0.39, 0.29) is 30.2 Å². The van der Waals surface area contributed by atoms with Crippen LogP contribution in [-0.4, -0.2) is 71.4 Å². The first-order valence-electron chi connectivity index (χ1n) is 11.4. The van der Waals surface area contributed by atoms with Gasteiger partial charge in [-0.2, -0.15) is 0 Å². The Morgan fingerprint density at radius 3 is 2.41 bits per heavy atom. The Balaban J connectivity index is 1.50. The molecular weight excluding hydrogens is 406 g/mol. The Morgan fingerprint density at radius 1 is 1.09 bits per heavy atom. The summed E-state index contributed by atoms with van der Waals surface area (Å²) in [6.45, 7) is 5.36. The molecule has 2 aromatic rings. The fourth-order valence-corrected chi connectivity index (χ4v) is 4.63. The van der Waals surface area contributed by atoms with Gasteiger partial charge in [0.15, 0.2) is 0 Å². The van der Waals surface area contributed by atoms with Gasteiger partial charge in [0.1, 0.15) is 5.75 Å². The molecule has 32 heavy (non-hydrogen) atoms. The largest absolute Gasteiger partial charge is 0.497 e. The molecule has 0 N–H and O–H groups in total. The quantitative estimate of drug-likeness (QED) is 0.662. The van der Waals surface area contributed by atoms with Crippen molar-refractivity contribution in [3.63, 3.8) is 0 Å². The molecule has 1 aromatic carbocycles. The molecule has 2 unspecified atom stereocenters. The van der Waals surface area contributed by atoms with E-state index in [1.807, 2.05) is 34.1 Å². The molecule has 170 valence electrons. The van der Waals surface area contributed by atoms with Crippen LogP contribution in [-0.2, 0) is 9.59 Å². The van der Waals surface area contributed by atoms with E-state index >= 15 is 0 Å². The van der Waals surface area contributed by atoms with Crippen molar-refractivity contribution in [1.82, 2.24) is 19.8 Å². The minimum Gasteiger partial charge on any atom is -0.497 e. The minimum atomic E-state index is -0.368. The zero-order valence-corrected chi connectivity index (χ0v) is 18.8. The van der Waals surface area contributed by atoms with E-state index in [1.54, 1.807) is 25.6 Å². The number of hydrogen-bond donors (Lipinski definition) is 0. The van der Waals surface area contributed by atoms with Crippen LogP contribution in [0, 0.1) is 5.92 Å². The van der Waals surface area contributed by atoms with Crippen molar-refractivity contribution < 1.29 is 14.3 Å². The van der Waals surface area contributed by atoms with Gasteiger partial charge in [0.2, 0.25) is 17.8 Å². The number of carbonyl (C=O) groups is 2. The highest BCUT2D eigenvalue weighted by Crippen LogP contribution is 2.40. The Bertz CT molecular complexity index is 913. The molecule has 2 saturated heterocycles. The van der Waals surface area contributed by atoms with Crippen LogP contribution in [0.4, 0.5) is 5.95 Å². The van der Waals surface area contributed by atoms with E-state index in [2.05, 4.69) is 21.8 Å². The maximum absolute atomic E-state index is 13.6. The lowest BCUT2D eigenvalue weighted by molar-refractivity contribution is -0.136. The topological polar surface area (TPSA) is 78.9 Å². The fourth-order valence-electron chi connectivity index (χ4n) is 4.63. The maximum atomic E-state index is 13.6. The second kappa shape index (κ2) is 9.97. The second-order valence-electron chi connectivity index (χ2n) is 8.33. The Hall–Kier alpha value is -3.16. The Labute approximate surface area is 189 Å². The first-order valence-corrected chi connectivity index (χ1v) is 11.4. The van der Waals surface area contributed by atoms with Crippen LogP contribution in [0.25, 0.3) is 0 Å². The van der Waals surface area contributed by atoms with Gasteiger partial charge in [0.05, 0.1) is 19.1 Å². The molecule has 4 rings (SSSR count). The van der Waals surface area contributed by atoms with Crippen molar-refractivity contribution in [1.29, 1.82) is 0 Å². The molecule has 2 amide bonds. The SMILES string of the molecule is CCCCN1C(=O)CC(C(=O)N2CCN(c3ncccn3)CC2)C1c1ccc(OC)cc1. The van der Waals surface area contributed by atoms with Crippen LogP contribution >= 0.6 is 0 Å². The first kappa shape index (κ1) is 22.0. The normalized spacial score (nSPS) is 21.2. The third kappa shape index (κ3) is 4.54. The maximum Gasteiger partial charge on any atom is 0.228 e. The van der Waals surface area contributed by atoms with E-state index in [9.17, 15) is 9.59 Å². The number of amides is 2. The summed E-state index contributed by atoms with van der Waals surface area (Å²) < 4.78 is 5.29. The van der Waals surface area contributed by atoms with Gasteiger partial charge in [-0.25, -0.2) is 9.97 Å². The summed E-state index contributed by atoms with van der Waals surface area (Å²) in [7, 11) is 1.63. The van der Waals surface area contributed by atoms with Gasteiger partial charge >= 0.3 is 0 Å². The van der Waals surface area contributed by atoms with Crippen molar-refractivity contribution in [2.45, 2.75) is 32.2 Å². The average molecular weight is 438 g/mol. The summed E-state index contributed by atoms with van der Waals surface area (Å²) in [5.74, 6) is 1.21. The number of hydrogen-bond acceptors (Lipinski definition) is 6. The molecule has 0 aliphatic carbocycles. The number of aromatic nitrogens is 2. The van der Waals surface area contributed by atoms with Crippen molar-refractivity contribution in [3.05, 3.63) is 48.3 Å². The van der Waals surface area contributed by atoms with Gasteiger partial charge in [-0.05, 0) is 30.2 Å². The number of anilines is 1. The fraction of sp³-hybridized carbons (Fsp3) is 0.500. The van der Waals surface area contributed by atoms with Gasteiger partial charge in [0.25, 0.3) is 0 Å². The van der Waals surface area contributed by atoms with E-state index in [0.29, 0.717) is 38.7 Å². The van der Waals surface area contributed by atoms with Crippen LogP contribution in [0.5, 0.6) is 5.75 Å². The zero-order valence-electron chi connectivity index (χ0n) is 18.8. The number of likely N-dealkylation sites (tertiary alicyclic amines) is 1. The monoisotopic (exact) mass is 437 g/mol. The third-order valence-electron chi connectivity index (χ3n) is 6.39. The van der Waals surface area contributed by atoms with Crippen LogP contribution in [0.1, 0.15) is 37.8 Å². The first-order chi connectivity index (χ1) is 15.6. The highest BCUT2D eigenvalue weighted by atomic mass is 16.5. The summed E-state index contributed by atoms with van der Waals surface area (Å²) in [6.07, 6.45) is 5.65. The molecule has 0 saturated carbocycles. The number of ether oxygens (including phenoxy) is 1. The lowest BCUT2D eigenvalue weighted by Crippen LogP contribution is -2.51. The van der Waals surface area contributed by atoms with Gasteiger partial charge in [0, 0.05) is 51.5 Å². The molecule has 0 radical (unpaired) electrons. The Kier molecular flexibility index (Phi) is 6.87. The van der Waals surface area contributed by atoms with Crippen LogP contribution in [0.3, 0.4) is 0 Å². The lowest BCUT2D eigenvalue weighted by atomic mass is 9.92. The molecule has 8 nitrogen and oxygen atoms in total. The second-order valence-corrected chi connectivity index (χ2v) is 8.33. The van der Waals surface area contributed by atoms with Gasteiger partial charge in [-0.15, -0.1) is 0 Å². The number of piperazine rings is 1. The van der Waals surface area contributed by atoms with E-state index in [0.717, 1.165) is 24.2 Å². The minimum absolute atomic E-state index is 0.0618.